The summed E-state index contributed by atoms with van der Waals surface area (Å²) in [4.78, 5) is 27.3. The maximum absolute atomic E-state index is 12.8. The molecule has 3 heterocycles. The number of fused-ring (bicyclic) bond motifs is 1. The van der Waals surface area contributed by atoms with Gasteiger partial charge in [0, 0.05) is 30.4 Å². The van der Waals surface area contributed by atoms with Gasteiger partial charge in [0.2, 0.25) is 5.88 Å². The van der Waals surface area contributed by atoms with E-state index in [1.807, 2.05) is 30.3 Å². The molecular weight excluding hydrogens is 442 g/mol. The number of aromatic nitrogens is 3. The molecule has 2 aromatic heterocycles. The number of rotatable bonds is 7. The molecule has 0 saturated carbocycles. The molecule has 1 atom stereocenters. The molecule has 35 heavy (non-hydrogen) atoms. The average Bonchev–Trinajstić information content (AvgIpc) is 3.54. The van der Waals surface area contributed by atoms with Crippen molar-refractivity contribution in [2.45, 2.75) is 13.3 Å². The smallest absolute Gasteiger partial charge is 0.251 e. The second kappa shape index (κ2) is 9.76. The first kappa shape index (κ1) is 22.9. The van der Waals surface area contributed by atoms with Crippen molar-refractivity contribution in [3.63, 3.8) is 0 Å². The minimum Gasteiger partial charge on any atom is -0.507 e. The number of hydrogen-bond donors (Lipinski definition) is 3. The number of nitrogens with one attached hydrogen (secondary N) is 2. The number of hydrogen-bond acceptors (Lipinski definition) is 6. The first-order valence-corrected chi connectivity index (χ1v) is 11.9. The predicted octanol–water partition coefficient (Wildman–Crippen LogP) is 4.08. The van der Waals surface area contributed by atoms with Crippen molar-refractivity contribution in [2.24, 2.45) is 5.92 Å². The van der Waals surface area contributed by atoms with Gasteiger partial charge in [0.1, 0.15) is 11.6 Å². The molecule has 8 heteroatoms. The summed E-state index contributed by atoms with van der Waals surface area (Å²) in [5, 5.41) is 13.6. The van der Waals surface area contributed by atoms with Crippen molar-refractivity contribution in [3.8, 4) is 34.1 Å². The predicted molar refractivity (Wildman–Crippen MR) is 136 cm³/mol. The third-order valence-corrected chi connectivity index (χ3v) is 6.64. The molecule has 180 valence electrons. The van der Waals surface area contributed by atoms with Gasteiger partial charge in [-0.05, 0) is 73.5 Å². The van der Waals surface area contributed by atoms with Crippen LogP contribution in [0.4, 0.5) is 0 Å². The third kappa shape index (κ3) is 4.70. The highest BCUT2D eigenvalue weighted by molar-refractivity contribution is 5.97. The second-order valence-corrected chi connectivity index (χ2v) is 8.87. The number of carbonyl (C=O) groups is 1. The Labute approximate surface area is 204 Å². The van der Waals surface area contributed by atoms with Gasteiger partial charge in [-0.2, -0.15) is 0 Å². The van der Waals surface area contributed by atoms with Crippen LogP contribution in [0.3, 0.4) is 0 Å². The number of imidazole rings is 1. The number of aromatic amines is 1. The van der Waals surface area contributed by atoms with E-state index >= 15 is 0 Å². The summed E-state index contributed by atoms with van der Waals surface area (Å²) >= 11 is 0. The fourth-order valence-corrected chi connectivity index (χ4v) is 4.65. The van der Waals surface area contributed by atoms with Crippen LogP contribution >= 0.6 is 0 Å². The van der Waals surface area contributed by atoms with Crippen LogP contribution in [-0.4, -0.2) is 64.2 Å². The minimum absolute atomic E-state index is 0.0912. The molecule has 1 aliphatic heterocycles. The molecule has 0 spiro atoms. The molecule has 0 bridgehead atoms. The van der Waals surface area contributed by atoms with E-state index in [2.05, 4.69) is 32.1 Å². The van der Waals surface area contributed by atoms with Crippen LogP contribution in [0, 0.1) is 5.92 Å². The highest BCUT2D eigenvalue weighted by atomic mass is 16.5. The molecule has 0 radical (unpaired) electrons. The Morgan fingerprint density at radius 2 is 2.11 bits per heavy atom. The van der Waals surface area contributed by atoms with E-state index in [0.29, 0.717) is 35.3 Å². The molecule has 1 aliphatic rings. The van der Waals surface area contributed by atoms with Crippen LogP contribution in [0.5, 0.6) is 11.6 Å². The number of ether oxygens (including phenoxy) is 1. The Balaban J connectivity index is 1.38. The molecule has 1 unspecified atom stereocenters. The lowest BCUT2D eigenvalue weighted by atomic mass is 10.0. The van der Waals surface area contributed by atoms with Crippen LogP contribution < -0.4 is 10.1 Å². The number of pyridine rings is 1. The standard InChI is InChI=1S/C27H29N5O3/c1-3-32-12-10-17(16-32)15-29-26(34)19-6-8-22-23(14-19)31-25(30-22)21-13-18(7-9-24(21)33)20-5-4-11-28-27(20)35-2/h4-9,11,13-14,17,33H,3,10,12,15-16H2,1-2H3,(H,29,34)(H,30,31). The Kier molecular flexibility index (Phi) is 6.37. The summed E-state index contributed by atoms with van der Waals surface area (Å²) in [6, 6.07) is 14.5. The molecule has 5 rings (SSSR count). The van der Waals surface area contributed by atoms with Crippen LogP contribution in [0.1, 0.15) is 23.7 Å². The van der Waals surface area contributed by atoms with Gasteiger partial charge >= 0.3 is 0 Å². The summed E-state index contributed by atoms with van der Waals surface area (Å²) in [6.07, 6.45) is 2.79. The van der Waals surface area contributed by atoms with E-state index in [9.17, 15) is 9.90 Å². The van der Waals surface area contributed by atoms with E-state index in [-0.39, 0.29) is 11.7 Å². The van der Waals surface area contributed by atoms with Crippen LogP contribution in [0.2, 0.25) is 0 Å². The molecular formula is C27H29N5O3. The monoisotopic (exact) mass is 471 g/mol. The largest absolute Gasteiger partial charge is 0.507 e. The fourth-order valence-electron chi connectivity index (χ4n) is 4.65. The third-order valence-electron chi connectivity index (χ3n) is 6.64. The molecule has 1 saturated heterocycles. The molecule has 4 aromatic rings. The zero-order valence-corrected chi connectivity index (χ0v) is 19.9. The van der Waals surface area contributed by atoms with Gasteiger partial charge in [0.25, 0.3) is 5.91 Å². The zero-order chi connectivity index (χ0) is 24.4. The van der Waals surface area contributed by atoms with Gasteiger partial charge in [-0.3, -0.25) is 4.79 Å². The van der Waals surface area contributed by atoms with E-state index < -0.39 is 0 Å². The first-order chi connectivity index (χ1) is 17.1. The molecule has 1 fully saturated rings. The van der Waals surface area contributed by atoms with Crippen molar-refractivity contribution in [1.29, 1.82) is 0 Å². The number of aromatic hydroxyl groups is 1. The topological polar surface area (TPSA) is 103 Å². The summed E-state index contributed by atoms with van der Waals surface area (Å²) < 4.78 is 5.39. The average molecular weight is 472 g/mol. The summed E-state index contributed by atoms with van der Waals surface area (Å²) in [5.74, 6) is 1.53. The first-order valence-electron chi connectivity index (χ1n) is 11.9. The molecule has 2 aromatic carbocycles. The van der Waals surface area contributed by atoms with Gasteiger partial charge in [-0.1, -0.05) is 13.0 Å². The van der Waals surface area contributed by atoms with Gasteiger partial charge in [0.05, 0.1) is 23.7 Å². The number of carbonyl (C=O) groups excluding carboxylic acids is 1. The normalized spacial score (nSPS) is 16.0. The van der Waals surface area contributed by atoms with Crippen molar-refractivity contribution >= 4 is 16.9 Å². The quantitative estimate of drug-likeness (QED) is 0.375. The Hall–Kier alpha value is -3.91. The van der Waals surface area contributed by atoms with Gasteiger partial charge < -0.3 is 25.0 Å². The van der Waals surface area contributed by atoms with Gasteiger partial charge in [0.15, 0.2) is 0 Å². The number of nitrogens with zero attached hydrogens (tertiary/aromatic N) is 3. The summed E-state index contributed by atoms with van der Waals surface area (Å²) in [6.45, 7) is 6.03. The highest BCUT2D eigenvalue weighted by Gasteiger charge is 2.22. The molecule has 3 N–H and O–H groups in total. The van der Waals surface area contributed by atoms with E-state index in [0.717, 1.165) is 48.2 Å². The Morgan fingerprint density at radius 3 is 2.91 bits per heavy atom. The lowest BCUT2D eigenvalue weighted by Crippen LogP contribution is -2.31. The van der Waals surface area contributed by atoms with E-state index in [1.165, 1.54) is 0 Å². The number of phenols is 1. The number of phenolic OH excluding ortho intramolecular Hbond substituents is 1. The lowest BCUT2D eigenvalue weighted by molar-refractivity contribution is 0.0947. The Morgan fingerprint density at radius 1 is 1.23 bits per heavy atom. The SMILES string of the molecule is CCN1CCC(CNC(=O)c2ccc3nc(-c4cc(-c5cccnc5OC)ccc4O)[nH]c3c2)C1. The number of methoxy groups -OCH3 is 1. The fraction of sp³-hybridized carbons (Fsp3) is 0.296. The summed E-state index contributed by atoms with van der Waals surface area (Å²) in [5.41, 5.74) is 4.24. The van der Waals surface area contributed by atoms with Crippen molar-refractivity contribution in [1.82, 2.24) is 25.2 Å². The van der Waals surface area contributed by atoms with Crippen molar-refractivity contribution in [2.75, 3.05) is 33.3 Å². The van der Waals surface area contributed by atoms with E-state index in [4.69, 9.17) is 4.74 Å². The number of benzene rings is 2. The minimum atomic E-state index is -0.0912. The van der Waals surface area contributed by atoms with Crippen LogP contribution in [0.25, 0.3) is 33.5 Å². The molecule has 0 aliphatic carbocycles. The maximum atomic E-state index is 12.8. The number of likely N-dealkylation sites (tertiary alicyclic amines) is 1. The molecule has 8 nitrogen and oxygen atoms in total. The second-order valence-electron chi connectivity index (χ2n) is 8.87. The van der Waals surface area contributed by atoms with Gasteiger partial charge in [-0.25, -0.2) is 9.97 Å². The number of amides is 1. The van der Waals surface area contributed by atoms with Crippen LogP contribution in [-0.2, 0) is 0 Å². The summed E-state index contributed by atoms with van der Waals surface area (Å²) in [7, 11) is 1.58. The van der Waals surface area contributed by atoms with Crippen LogP contribution in [0.15, 0.2) is 54.7 Å². The molecule has 1 amide bonds. The zero-order valence-electron chi connectivity index (χ0n) is 19.9. The van der Waals surface area contributed by atoms with Crippen molar-refractivity contribution < 1.29 is 14.6 Å². The number of H-pyrrole nitrogens is 1. The maximum Gasteiger partial charge on any atom is 0.251 e. The van der Waals surface area contributed by atoms with Gasteiger partial charge in [-0.15, -0.1) is 0 Å². The Bertz CT molecular complexity index is 1370. The lowest BCUT2D eigenvalue weighted by Gasteiger charge is -2.13. The highest BCUT2D eigenvalue weighted by Crippen LogP contribution is 2.35. The van der Waals surface area contributed by atoms with Crippen molar-refractivity contribution in [3.05, 3.63) is 60.3 Å². The van der Waals surface area contributed by atoms with E-state index in [1.54, 1.807) is 31.5 Å².